The fourth-order valence-corrected chi connectivity index (χ4v) is 4.19. The standard InChI is InChI=1S/C24H27O10P/c1-22(25,26)16-4-10-19(11-5-16)32-35(31,33-20-12-6-17(7-13-20)23(2,27)28)34-21-14-8-18(9-15-21)24(3,29)30/h4-15,25-30H,1-3H3. The summed E-state index contributed by atoms with van der Waals surface area (Å²) in [5.74, 6) is -6.15. The second-order valence-corrected chi connectivity index (χ2v) is 9.80. The zero-order chi connectivity index (χ0) is 26.1. The van der Waals surface area contributed by atoms with Crippen LogP contribution in [0.2, 0.25) is 0 Å². The maximum absolute atomic E-state index is 13.6. The number of phosphoric acid groups is 1. The van der Waals surface area contributed by atoms with Crippen molar-refractivity contribution in [1.82, 2.24) is 0 Å². The smallest absolute Gasteiger partial charge is 0.386 e. The van der Waals surface area contributed by atoms with Gasteiger partial charge in [-0.05, 0) is 93.6 Å². The highest BCUT2D eigenvalue weighted by molar-refractivity contribution is 7.49. The van der Waals surface area contributed by atoms with Crippen molar-refractivity contribution in [3.8, 4) is 17.2 Å². The SMILES string of the molecule is CC(O)(O)c1ccc(OP(=O)(Oc2ccc(C(C)(O)O)cc2)Oc2ccc(C(C)(O)O)cc2)cc1. The van der Waals surface area contributed by atoms with E-state index in [9.17, 15) is 35.2 Å². The molecule has 35 heavy (non-hydrogen) atoms. The highest BCUT2D eigenvalue weighted by atomic mass is 31.2. The topological polar surface area (TPSA) is 166 Å². The Hall–Kier alpha value is -2.95. The van der Waals surface area contributed by atoms with Crippen LogP contribution >= 0.6 is 7.82 Å². The number of benzene rings is 3. The summed E-state index contributed by atoms with van der Waals surface area (Å²) in [6.07, 6.45) is 0. The van der Waals surface area contributed by atoms with Crippen molar-refractivity contribution in [3.05, 3.63) is 89.5 Å². The van der Waals surface area contributed by atoms with Crippen LogP contribution in [0.4, 0.5) is 0 Å². The zero-order valence-electron chi connectivity index (χ0n) is 19.2. The first-order chi connectivity index (χ1) is 16.1. The average Bonchev–Trinajstić information content (AvgIpc) is 2.72. The number of rotatable bonds is 9. The minimum absolute atomic E-state index is 0.0335. The van der Waals surface area contributed by atoms with Crippen LogP contribution in [-0.4, -0.2) is 30.6 Å². The van der Waals surface area contributed by atoms with E-state index in [2.05, 4.69) is 0 Å². The second-order valence-electron chi connectivity index (χ2n) is 8.36. The van der Waals surface area contributed by atoms with E-state index in [1.54, 1.807) is 0 Å². The molecule has 0 unspecified atom stereocenters. The summed E-state index contributed by atoms with van der Waals surface area (Å²) in [7, 11) is -4.43. The van der Waals surface area contributed by atoms with E-state index in [0.29, 0.717) is 0 Å². The Labute approximate surface area is 201 Å². The summed E-state index contributed by atoms with van der Waals surface area (Å²) in [6, 6.07) is 16.2. The Morgan fingerprint density at radius 1 is 0.486 bits per heavy atom. The molecule has 0 aromatic heterocycles. The summed E-state index contributed by atoms with van der Waals surface area (Å²) in [4.78, 5) is 0. The highest BCUT2D eigenvalue weighted by Gasteiger charge is 2.34. The van der Waals surface area contributed by atoms with Crippen LogP contribution in [0, 0.1) is 0 Å². The van der Waals surface area contributed by atoms with Gasteiger partial charge in [-0.1, -0.05) is 0 Å². The third-order valence-electron chi connectivity index (χ3n) is 4.86. The summed E-state index contributed by atoms with van der Waals surface area (Å²) in [5.41, 5.74) is 0.499. The van der Waals surface area contributed by atoms with Crippen LogP contribution < -0.4 is 13.6 Å². The molecule has 0 fully saturated rings. The Kier molecular flexibility index (Phi) is 7.31. The fraction of sp³-hybridized carbons (Fsp3) is 0.250. The maximum atomic E-state index is 13.6. The third kappa shape index (κ3) is 7.27. The molecular formula is C24H27O10P. The number of phosphoric ester groups is 1. The van der Waals surface area contributed by atoms with Gasteiger partial charge in [-0.25, -0.2) is 0 Å². The second kappa shape index (κ2) is 9.60. The first-order valence-corrected chi connectivity index (χ1v) is 11.9. The molecule has 6 N–H and O–H groups in total. The van der Waals surface area contributed by atoms with E-state index < -0.39 is 25.2 Å². The molecule has 0 heterocycles. The van der Waals surface area contributed by atoms with E-state index in [4.69, 9.17) is 13.6 Å². The summed E-state index contributed by atoms with van der Waals surface area (Å²) < 4.78 is 30.2. The minimum Gasteiger partial charge on any atom is -0.386 e. The predicted molar refractivity (Wildman–Crippen MR) is 124 cm³/mol. The normalized spacial score (nSPS) is 12.8. The Balaban J connectivity index is 1.90. The molecule has 11 heteroatoms. The van der Waals surface area contributed by atoms with Crippen LogP contribution in [0.5, 0.6) is 17.2 Å². The lowest BCUT2D eigenvalue weighted by Crippen LogP contribution is -2.19. The molecular weight excluding hydrogens is 479 g/mol. The maximum Gasteiger partial charge on any atom is 0.647 e. The van der Waals surface area contributed by atoms with Crippen molar-refractivity contribution in [2.24, 2.45) is 0 Å². The van der Waals surface area contributed by atoms with Gasteiger partial charge in [0.2, 0.25) is 0 Å². The van der Waals surface area contributed by atoms with Gasteiger partial charge >= 0.3 is 7.82 Å². The molecule has 188 valence electrons. The van der Waals surface area contributed by atoms with Gasteiger partial charge in [-0.2, -0.15) is 4.57 Å². The van der Waals surface area contributed by atoms with Gasteiger partial charge in [0.25, 0.3) is 0 Å². The zero-order valence-corrected chi connectivity index (χ0v) is 20.1. The van der Waals surface area contributed by atoms with Crippen LogP contribution in [0.1, 0.15) is 37.5 Å². The van der Waals surface area contributed by atoms with Crippen molar-refractivity contribution in [2.45, 2.75) is 38.1 Å². The number of hydrogen-bond donors (Lipinski definition) is 6. The van der Waals surface area contributed by atoms with Crippen LogP contribution in [0.15, 0.2) is 72.8 Å². The highest BCUT2D eigenvalue weighted by Crippen LogP contribution is 2.50. The average molecular weight is 506 g/mol. The summed E-state index contributed by atoms with van der Waals surface area (Å²) in [6.45, 7) is 3.54. The van der Waals surface area contributed by atoms with Crippen molar-refractivity contribution in [3.63, 3.8) is 0 Å². The Morgan fingerprint density at radius 3 is 0.857 bits per heavy atom. The number of hydrogen-bond acceptors (Lipinski definition) is 10. The van der Waals surface area contributed by atoms with Gasteiger partial charge in [0.1, 0.15) is 17.2 Å². The van der Waals surface area contributed by atoms with E-state index in [1.165, 1.54) is 93.6 Å². The molecule has 0 amide bonds. The molecule has 0 aliphatic carbocycles. The first-order valence-electron chi connectivity index (χ1n) is 10.4. The first kappa shape index (κ1) is 26.7. The lowest BCUT2D eigenvalue weighted by Gasteiger charge is -2.22. The molecule has 3 rings (SSSR count). The fourth-order valence-electron chi connectivity index (χ4n) is 2.94. The van der Waals surface area contributed by atoms with Gasteiger partial charge in [0.05, 0.1) is 0 Å². The third-order valence-corrected chi connectivity index (χ3v) is 6.16. The molecule has 3 aromatic carbocycles. The molecule has 0 bridgehead atoms. The van der Waals surface area contributed by atoms with Crippen molar-refractivity contribution < 1.29 is 48.8 Å². The molecule has 0 aliphatic heterocycles. The van der Waals surface area contributed by atoms with Gasteiger partial charge in [0.15, 0.2) is 17.4 Å². The van der Waals surface area contributed by atoms with E-state index in [1.807, 2.05) is 0 Å². The monoisotopic (exact) mass is 506 g/mol. The molecule has 10 nitrogen and oxygen atoms in total. The van der Waals surface area contributed by atoms with Crippen molar-refractivity contribution >= 4 is 7.82 Å². The van der Waals surface area contributed by atoms with Gasteiger partial charge in [-0.3, -0.25) is 0 Å². The predicted octanol–water partition coefficient (Wildman–Crippen LogP) is 2.80. The van der Waals surface area contributed by atoms with E-state index in [0.717, 1.165) is 0 Å². The van der Waals surface area contributed by atoms with Crippen LogP contribution in [-0.2, 0) is 21.9 Å². The van der Waals surface area contributed by atoms with E-state index in [-0.39, 0.29) is 33.9 Å². The summed E-state index contributed by atoms with van der Waals surface area (Å²) in [5, 5.41) is 58.2. The largest absolute Gasteiger partial charge is 0.647 e. The van der Waals surface area contributed by atoms with Crippen molar-refractivity contribution in [1.29, 1.82) is 0 Å². The molecule has 0 saturated carbocycles. The number of aliphatic hydroxyl groups is 6. The van der Waals surface area contributed by atoms with Crippen molar-refractivity contribution in [2.75, 3.05) is 0 Å². The molecule has 0 atom stereocenters. The van der Waals surface area contributed by atoms with Gasteiger partial charge in [0, 0.05) is 16.7 Å². The molecule has 0 spiro atoms. The minimum atomic E-state index is -4.43. The van der Waals surface area contributed by atoms with E-state index >= 15 is 0 Å². The summed E-state index contributed by atoms with van der Waals surface area (Å²) >= 11 is 0. The Morgan fingerprint density at radius 2 is 0.686 bits per heavy atom. The van der Waals surface area contributed by atoms with Gasteiger partial charge < -0.3 is 44.2 Å². The lowest BCUT2D eigenvalue weighted by molar-refractivity contribution is -0.153. The molecule has 0 saturated heterocycles. The van der Waals surface area contributed by atoms with Gasteiger partial charge in [-0.15, -0.1) is 0 Å². The van der Waals surface area contributed by atoms with Crippen LogP contribution in [0.25, 0.3) is 0 Å². The molecule has 0 aliphatic rings. The lowest BCUT2D eigenvalue weighted by atomic mass is 10.1. The molecule has 3 aromatic rings. The molecule has 0 radical (unpaired) electrons. The quantitative estimate of drug-likeness (QED) is 0.188. The Bertz CT molecular complexity index is 1020. The van der Waals surface area contributed by atoms with Crippen LogP contribution in [0.3, 0.4) is 0 Å².